The third-order valence-corrected chi connectivity index (χ3v) is 8.46. The summed E-state index contributed by atoms with van der Waals surface area (Å²) in [4.78, 5) is 2.47. The summed E-state index contributed by atoms with van der Waals surface area (Å²) in [5.74, 6) is 1.47. The lowest BCUT2D eigenvalue weighted by molar-refractivity contribution is 0.277. The van der Waals surface area contributed by atoms with Crippen molar-refractivity contribution < 1.29 is 4.52 Å². The topological polar surface area (TPSA) is 55.1 Å². The van der Waals surface area contributed by atoms with E-state index >= 15 is 0 Å². The smallest absolute Gasteiger partial charge is 0.147 e. The summed E-state index contributed by atoms with van der Waals surface area (Å²) in [6, 6.07) is 14.1. The number of piperidine rings is 1. The fourth-order valence-corrected chi connectivity index (χ4v) is 6.29. The number of benzene rings is 2. The maximum absolute atomic E-state index is 6.56. The monoisotopic (exact) mass is 502 g/mol. The Bertz CT molecular complexity index is 1460. The molecule has 0 bridgehead atoms. The van der Waals surface area contributed by atoms with E-state index in [0.717, 1.165) is 78.7 Å². The van der Waals surface area contributed by atoms with Crippen molar-refractivity contribution in [1.29, 1.82) is 0 Å². The fraction of sp³-hybridized carbons (Fsp3) is 0.321. The molecule has 2 fully saturated rings. The molecule has 3 heterocycles. The lowest BCUT2D eigenvalue weighted by atomic mass is 9.63. The van der Waals surface area contributed by atoms with Gasteiger partial charge in [0, 0.05) is 41.2 Å². The highest BCUT2D eigenvalue weighted by molar-refractivity contribution is 6.39. The average molecular weight is 503 g/mol. The molecule has 176 valence electrons. The van der Waals surface area contributed by atoms with Crippen LogP contribution < -0.4 is 4.90 Å². The molecule has 2 aromatic heterocycles. The van der Waals surface area contributed by atoms with Crippen molar-refractivity contribution in [3.05, 3.63) is 76.1 Å². The molecule has 1 saturated heterocycles. The van der Waals surface area contributed by atoms with E-state index < -0.39 is 0 Å². The highest BCUT2D eigenvalue weighted by Crippen LogP contribution is 2.56. The van der Waals surface area contributed by atoms with Gasteiger partial charge in [-0.15, -0.1) is 0 Å². The lowest BCUT2D eigenvalue weighted by Gasteiger charge is -2.47. The number of anilines is 1. The zero-order chi connectivity index (χ0) is 23.6. The molecule has 7 heteroatoms. The van der Waals surface area contributed by atoms with Crippen molar-refractivity contribution in [2.75, 3.05) is 18.0 Å². The second-order valence-corrected chi connectivity index (χ2v) is 10.9. The van der Waals surface area contributed by atoms with Crippen LogP contribution in [0.2, 0.25) is 10.0 Å². The van der Waals surface area contributed by atoms with Gasteiger partial charge in [-0.1, -0.05) is 46.6 Å². The molecule has 0 amide bonds. The first-order valence-corrected chi connectivity index (χ1v) is 13.0. The number of hydrogen-bond acceptors (Lipinski definition) is 5. The summed E-state index contributed by atoms with van der Waals surface area (Å²) >= 11 is 13.1. The van der Waals surface area contributed by atoms with Gasteiger partial charge in [0.15, 0.2) is 0 Å². The van der Waals surface area contributed by atoms with E-state index in [-0.39, 0.29) is 5.41 Å². The summed E-state index contributed by atoms with van der Waals surface area (Å²) in [7, 11) is 0. The number of aromatic nitrogens is 3. The van der Waals surface area contributed by atoms with Crippen LogP contribution in [0.15, 0.2) is 59.3 Å². The Labute approximate surface area is 213 Å². The van der Waals surface area contributed by atoms with E-state index in [0.29, 0.717) is 16.0 Å². The number of allylic oxidation sites excluding steroid dienone is 2. The molecule has 0 N–H and O–H groups in total. The Morgan fingerprint density at radius 1 is 0.971 bits per heavy atom. The number of rotatable bonds is 4. The standard InChI is InChI=1S/C28H24Cl2N4O/c29-21-2-1-3-22(30)25(21)26-24(27(35-33-26)18-4-5-18)19-15-28(16-19)9-12-34(13-10-28)20-7-6-17-8-11-31-32-23(17)14-20/h1-3,6-8,11,14-15,18H,4-5,9-10,12-13,16H2. The average Bonchev–Trinajstić information content (AvgIpc) is 3.62. The molecule has 35 heavy (non-hydrogen) atoms. The Morgan fingerprint density at radius 2 is 1.74 bits per heavy atom. The summed E-state index contributed by atoms with van der Waals surface area (Å²) in [6.45, 7) is 2.05. The number of halogens is 2. The van der Waals surface area contributed by atoms with E-state index in [2.05, 4.69) is 44.5 Å². The SMILES string of the molecule is Clc1cccc(Cl)c1-c1noc(C2CC2)c1C1=CC2(CCN(c3ccc4ccnnc4c3)CC2)C1. The molecule has 2 aromatic carbocycles. The first-order chi connectivity index (χ1) is 17.1. The van der Waals surface area contributed by atoms with Gasteiger partial charge >= 0.3 is 0 Å². The molecule has 2 aliphatic carbocycles. The van der Waals surface area contributed by atoms with Crippen molar-refractivity contribution in [2.24, 2.45) is 5.41 Å². The summed E-state index contributed by atoms with van der Waals surface area (Å²) in [6.07, 6.45) is 9.82. The number of fused-ring (bicyclic) bond motifs is 1. The van der Waals surface area contributed by atoms with Crippen LogP contribution in [-0.2, 0) is 0 Å². The summed E-state index contributed by atoms with van der Waals surface area (Å²) in [5, 5.41) is 15.1. The molecule has 0 radical (unpaired) electrons. The highest BCUT2D eigenvalue weighted by Gasteiger charge is 2.44. The molecule has 1 saturated carbocycles. The molecule has 5 nitrogen and oxygen atoms in total. The Kier molecular flexibility index (Phi) is 4.94. The van der Waals surface area contributed by atoms with E-state index in [1.165, 1.54) is 11.3 Å². The van der Waals surface area contributed by atoms with E-state index in [9.17, 15) is 0 Å². The molecule has 0 unspecified atom stereocenters. The zero-order valence-electron chi connectivity index (χ0n) is 19.2. The molecule has 1 spiro atoms. The molecule has 4 aromatic rings. The Hall–Kier alpha value is -2.89. The van der Waals surface area contributed by atoms with E-state index in [1.54, 1.807) is 6.20 Å². The highest BCUT2D eigenvalue weighted by atomic mass is 35.5. The molecule has 3 aliphatic rings. The normalized spacial score (nSPS) is 19.1. The summed E-state index contributed by atoms with van der Waals surface area (Å²) in [5.41, 5.74) is 6.43. The maximum atomic E-state index is 6.56. The van der Waals surface area contributed by atoms with Gasteiger partial charge in [0.2, 0.25) is 0 Å². The number of nitrogens with zero attached hydrogens (tertiary/aromatic N) is 4. The molecular formula is C28H24Cl2N4O. The van der Waals surface area contributed by atoms with Crippen LogP contribution in [0.5, 0.6) is 0 Å². The second-order valence-electron chi connectivity index (χ2n) is 10.1. The van der Waals surface area contributed by atoms with Gasteiger partial charge in [-0.25, -0.2) is 0 Å². The molecule has 1 aliphatic heterocycles. The van der Waals surface area contributed by atoms with Crippen LogP contribution in [0.25, 0.3) is 27.7 Å². The van der Waals surface area contributed by atoms with Crippen LogP contribution in [-0.4, -0.2) is 28.4 Å². The van der Waals surface area contributed by atoms with Gasteiger partial charge in [0.05, 0.1) is 21.8 Å². The lowest BCUT2D eigenvalue weighted by Crippen LogP contribution is -2.42. The minimum absolute atomic E-state index is 0.238. The molecule has 0 atom stereocenters. The van der Waals surface area contributed by atoms with Gasteiger partial charge in [-0.2, -0.15) is 10.2 Å². The Morgan fingerprint density at radius 3 is 2.49 bits per heavy atom. The number of hydrogen-bond donors (Lipinski definition) is 0. The minimum Gasteiger partial charge on any atom is -0.371 e. The van der Waals surface area contributed by atoms with Crippen LogP contribution in [0.1, 0.15) is 49.3 Å². The van der Waals surface area contributed by atoms with E-state index in [4.69, 9.17) is 27.7 Å². The van der Waals surface area contributed by atoms with Crippen molar-refractivity contribution in [2.45, 2.75) is 38.0 Å². The largest absolute Gasteiger partial charge is 0.371 e. The van der Waals surface area contributed by atoms with Crippen molar-refractivity contribution in [3.63, 3.8) is 0 Å². The van der Waals surface area contributed by atoms with Crippen LogP contribution in [0.3, 0.4) is 0 Å². The van der Waals surface area contributed by atoms with Gasteiger partial charge in [0.25, 0.3) is 0 Å². The quantitative estimate of drug-likeness (QED) is 0.288. The minimum atomic E-state index is 0.238. The van der Waals surface area contributed by atoms with Crippen molar-refractivity contribution in [3.8, 4) is 11.3 Å². The first-order valence-electron chi connectivity index (χ1n) is 12.2. The maximum Gasteiger partial charge on any atom is 0.147 e. The van der Waals surface area contributed by atoms with E-state index in [1.807, 2.05) is 24.3 Å². The van der Waals surface area contributed by atoms with Gasteiger partial charge in [-0.3, -0.25) is 0 Å². The van der Waals surface area contributed by atoms with Gasteiger partial charge in [-0.05, 0) is 73.4 Å². The molecular weight excluding hydrogens is 479 g/mol. The molecule has 7 rings (SSSR count). The summed E-state index contributed by atoms with van der Waals surface area (Å²) < 4.78 is 5.90. The fourth-order valence-electron chi connectivity index (χ4n) is 5.71. The third-order valence-electron chi connectivity index (χ3n) is 7.83. The Balaban J connectivity index is 1.16. The van der Waals surface area contributed by atoms with Crippen LogP contribution in [0, 0.1) is 5.41 Å². The van der Waals surface area contributed by atoms with Crippen molar-refractivity contribution in [1.82, 2.24) is 15.4 Å². The first kappa shape index (κ1) is 21.4. The van der Waals surface area contributed by atoms with Crippen molar-refractivity contribution >= 4 is 45.4 Å². The zero-order valence-corrected chi connectivity index (χ0v) is 20.7. The predicted molar refractivity (Wildman–Crippen MR) is 140 cm³/mol. The second kappa shape index (κ2) is 8.07. The van der Waals surface area contributed by atoms with Crippen LogP contribution in [0.4, 0.5) is 5.69 Å². The van der Waals surface area contributed by atoms with Gasteiger partial charge < -0.3 is 9.42 Å². The predicted octanol–water partition coefficient (Wildman–Crippen LogP) is 7.54. The van der Waals surface area contributed by atoms with Crippen LogP contribution >= 0.6 is 23.2 Å². The third kappa shape index (κ3) is 3.64. The van der Waals surface area contributed by atoms with Gasteiger partial charge in [0.1, 0.15) is 11.5 Å².